The zero-order chi connectivity index (χ0) is 26.0. The largest absolute Gasteiger partial charge is 0.507 e. The summed E-state index contributed by atoms with van der Waals surface area (Å²) in [6, 6.07) is 12.6. The quantitative estimate of drug-likeness (QED) is 0.372. The van der Waals surface area contributed by atoms with Crippen LogP contribution in [0.25, 0.3) is 5.76 Å². The number of methoxy groups -OCH3 is 1. The predicted molar refractivity (Wildman–Crippen MR) is 139 cm³/mol. The first kappa shape index (κ1) is 25.9. The average molecular weight is 493 g/mol. The molecular weight excluding hydrogens is 456 g/mol. The Morgan fingerprint density at radius 3 is 2.31 bits per heavy atom. The van der Waals surface area contributed by atoms with Crippen LogP contribution in [-0.2, 0) is 19.7 Å². The minimum Gasteiger partial charge on any atom is -0.507 e. The molecule has 36 heavy (non-hydrogen) atoms. The van der Waals surface area contributed by atoms with Gasteiger partial charge in [-0.3, -0.25) is 14.5 Å². The van der Waals surface area contributed by atoms with E-state index < -0.39 is 17.7 Å². The van der Waals surface area contributed by atoms with Crippen LogP contribution in [0.15, 0.2) is 48.0 Å². The molecule has 1 atom stereocenters. The highest BCUT2D eigenvalue weighted by molar-refractivity contribution is 6.46. The highest BCUT2D eigenvalue weighted by Gasteiger charge is 2.46. The molecule has 2 aliphatic rings. The molecule has 2 aromatic rings. The van der Waals surface area contributed by atoms with Gasteiger partial charge in [0.15, 0.2) is 0 Å². The van der Waals surface area contributed by atoms with E-state index in [0.717, 1.165) is 29.8 Å². The van der Waals surface area contributed by atoms with Crippen LogP contribution < -0.4 is 4.74 Å². The Hall–Kier alpha value is -3.16. The Kier molecular flexibility index (Phi) is 7.52. The molecule has 2 aromatic carbocycles. The summed E-state index contributed by atoms with van der Waals surface area (Å²) in [6.45, 7) is 12.2. The van der Waals surface area contributed by atoms with Gasteiger partial charge >= 0.3 is 0 Å². The van der Waals surface area contributed by atoms with Crippen molar-refractivity contribution in [1.29, 1.82) is 0 Å². The monoisotopic (exact) mass is 492 g/mol. The number of hydrogen-bond donors (Lipinski definition) is 1. The number of Topliss-reactive ketones (excluding diaryl/α,β-unsaturated/α-hetero) is 1. The second-order valence-corrected chi connectivity index (χ2v) is 10.5. The molecule has 0 spiro atoms. The maximum atomic E-state index is 13.3. The van der Waals surface area contributed by atoms with Crippen LogP contribution in [0.1, 0.15) is 49.1 Å². The van der Waals surface area contributed by atoms with Crippen molar-refractivity contribution in [3.05, 3.63) is 70.3 Å². The van der Waals surface area contributed by atoms with Gasteiger partial charge < -0.3 is 19.5 Å². The fourth-order valence-corrected chi connectivity index (χ4v) is 4.88. The number of carbonyl (C=O) groups excluding carboxylic acids is 2. The highest BCUT2D eigenvalue weighted by atomic mass is 16.5. The van der Waals surface area contributed by atoms with Crippen LogP contribution in [0.2, 0.25) is 0 Å². The average Bonchev–Trinajstić information content (AvgIpc) is 3.12. The molecule has 4 rings (SSSR count). The molecule has 2 saturated heterocycles. The van der Waals surface area contributed by atoms with Crippen molar-refractivity contribution in [2.24, 2.45) is 0 Å². The van der Waals surface area contributed by atoms with Crippen LogP contribution in [0.5, 0.6) is 5.75 Å². The molecule has 1 N–H and O–H groups in total. The van der Waals surface area contributed by atoms with E-state index in [1.54, 1.807) is 30.2 Å². The molecule has 2 fully saturated rings. The lowest BCUT2D eigenvalue weighted by atomic mass is 9.85. The Morgan fingerprint density at radius 1 is 1.06 bits per heavy atom. The van der Waals surface area contributed by atoms with Crippen molar-refractivity contribution in [2.75, 3.05) is 46.5 Å². The molecule has 192 valence electrons. The van der Waals surface area contributed by atoms with Gasteiger partial charge in [0.05, 0.1) is 31.9 Å². The number of morpholine rings is 1. The van der Waals surface area contributed by atoms with Crippen molar-refractivity contribution in [3.63, 3.8) is 0 Å². The smallest absolute Gasteiger partial charge is 0.295 e. The lowest BCUT2D eigenvalue weighted by molar-refractivity contribution is -0.140. The van der Waals surface area contributed by atoms with Crippen molar-refractivity contribution in [2.45, 2.75) is 39.2 Å². The summed E-state index contributed by atoms with van der Waals surface area (Å²) in [5, 5.41) is 11.4. The van der Waals surface area contributed by atoms with E-state index >= 15 is 0 Å². The van der Waals surface area contributed by atoms with E-state index in [9.17, 15) is 14.7 Å². The molecule has 0 unspecified atom stereocenters. The SMILES string of the molecule is COc1ccc(C(O)=C2C(=O)C(=O)N(CCN3CCOCC3)[C@@H]2c2ccc(C(C)(C)C)cc2)cc1C. The van der Waals surface area contributed by atoms with E-state index in [1.165, 1.54) is 0 Å². The van der Waals surface area contributed by atoms with Crippen molar-refractivity contribution in [1.82, 2.24) is 9.80 Å². The first-order chi connectivity index (χ1) is 17.1. The van der Waals surface area contributed by atoms with Gasteiger partial charge in [0.1, 0.15) is 11.5 Å². The third-order valence-electron chi connectivity index (χ3n) is 7.06. The van der Waals surface area contributed by atoms with Gasteiger partial charge in [-0.2, -0.15) is 0 Å². The van der Waals surface area contributed by atoms with Crippen molar-refractivity contribution in [3.8, 4) is 5.75 Å². The second-order valence-electron chi connectivity index (χ2n) is 10.5. The highest BCUT2D eigenvalue weighted by Crippen LogP contribution is 2.40. The standard InChI is InChI=1S/C29H36N2O5/c1-19-18-21(8-11-23(19)35-5)26(32)24-25(20-6-9-22(10-7-20)29(2,3)4)31(28(34)27(24)33)13-12-30-14-16-36-17-15-30/h6-11,18,25,32H,12-17H2,1-5H3/t25-/m1/s1. The third-order valence-corrected chi connectivity index (χ3v) is 7.06. The van der Waals surface area contributed by atoms with Crippen molar-refractivity contribution < 1.29 is 24.2 Å². The summed E-state index contributed by atoms with van der Waals surface area (Å²) in [7, 11) is 1.59. The van der Waals surface area contributed by atoms with Crippen LogP contribution in [-0.4, -0.2) is 73.1 Å². The molecular formula is C29H36N2O5. The minimum absolute atomic E-state index is 0.0305. The van der Waals surface area contributed by atoms with E-state index in [1.807, 2.05) is 31.2 Å². The van der Waals surface area contributed by atoms with E-state index in [-0.39, 0.29) is 16.7 Å². The normalized spacial score (nSPS) is 20.7. The predicted octanol–water partition coefficient (Wildman–Crippen LogP) is 4.06. The van der Waals surface area contributed by atoms with Gasteiger partial charge in [-0.25, -0.2) is 0 Å². The fourth-order valence-electron chi connectivity index (χ4n) is 4.88. The Morgan fingerprint density at radius 2 is 1.72 bits per heavy atom. The van der Waals surface area contributed by atoms with Gasteiger partial charge in [-0.1, -0.05) is 45.0 Å². The molecule has 0 bridgehead atoms. The van der Waals surface area contributed by atoms with E-state index in [2.05, 4.69) is 25.7 Å². The number of carbonyl (C=O) groups is 2. The minimum atomic E-state index is -0.664. The number of amides is 1. The summed E-state index contributed by atoms with van der Waals surface area (Å²) in [5.74, 6) is -0.725. The topological polar surface area (TPSA) is 79.3 Å². The van der Waals surface area contributed by atoms with Crippen LogP contribution >= 0.6 is 0 Å². The number of hydrogen-bond acceptors (Lipinski definition) is 6. The number of ketones is 1. The van der Waals surface area contributed by atoms with Crippen LogP contribution in [0.4, 0.5) is 0 Å². The zero-order valence-corrected chi connectivity index (χ0v) is 21.8. The molecule has 0 aromatic heterocycles. The second kappa shape index (κ2) is 10.4. The van der Waals surface area contributed by atoms with Gasteiger partial charge in [-0.15, -0.1) is 0 Å². The molecule has 1 amide bonds. The molecule has 7 heteroatoms. The number of ether oxygens (including phenoxy) is 2. The molecule has 0 saturated carbocycles. The summed E-state index contributed by atoms with van der Waals surface area (Å²) >= 11 is 0. The zero-order valence-electron chi connectivity index (χ0n) is 21.8. The van der Waals surface area contributed by atoms with Crippen molar-refractivity contribution >= 4 is 17.4 Å². The number of aliphatic hydroxyl groups excluding tert-OH is 1. The summed E-state index contributed by atoms with van der Waals surface area (Å²) in [6.07, 6.45) is 0. The molecule has 0 radical (unpaired) electrons. The van der Waals surface area contributed by atoms with Crippen LogP contribution in [0, 0.1) is 6.92 Å². The number of nitrogens with zero attached hydrogens (tertiary/aromatic N) is 2. The molecule has 2 aliphatic heterocycles. The first-order valence-electron chi connectivity index (χ1n) is 12.5. The maximum absolute atomic E-state index is 13.3. The van der Waals surface area contributed by atoms with Gasteiger partial charge in [0.25, 0.3) is 11.7 Å². The number of benzene rings is 2. The molecule has 7 nitrogen and oxygen atoms in total. The number of aryl methyl sites for hydroxylation is 1. The molecule has 0 aliphatic carbocycles. The van der Waals surface area contributed by atoms with Gasteiger partial charge in [0.2, 0.25) is 0 Å². The number of aliphatic hydroxyl groups is 1. The maximum Gasteiger partial charge on any atom is 0.295 e. The molecule has 2 heterocycles. The summed E-state index contributed by atoms with van der Waals surface area (Å²) in [4.78, 5) is 30.4. The first-order valence-corrected chi connectivity index (χ1v) is 12.5. The van der Waals surface area contributed by atoms with Crippen LogP contribution in [0.3, 0.4) is 0 Å². The Balaban J connectivity index is 1.76. The van der Waals surface area contributed by atoms with E-state index in [0.29, 0.717) is 37.6 Å². The number of likely N-dealkylation sites (tertiary alicyclic amines) is 1. The third kappa shape index (κ3) is 5.18. The Labute approximate surface area is 213 Å². The summed E-state index contributed by atoms with van der Waals surface area (Å²) in [5.41, 5.74) is 3.36. The van der Waals surface area contributed by atoms with E-state index in [4.69, 9.17) is 9.47 Å². The number of rotatable bonds is 6. The van der Waals surface area contributed by atoms with Gasteiger partial charge in [0, 0.05) is 31.7 Å². The van der Waals surface area contributed by atoms with Gasteiger partial charge in [-0.05, 0) is 47.2 Å². The Bertz CT molecular complexity index is 1160. The lowest BCUT2D eigenvalue weighted by Crippen LogP contribution is -2.42. The summed E-state index contributed by atoms with van der Waals surface area (Å²) < 4.78 is 10.8. The fraction of sp³-hybridized carbons (Fsp3) is 0.448. The lowest BCUT2D eigenvalue weighted by Gasteiger charge is -2.31.